The van der Waals surface area contributed by atoms with Crippen LogP contribution < -0.4 is 24.8 Å². The third-order valence-electron chi connectivity index (χ3n) is 11.3. The summed E-state index contributed by atoms with van der Waals surface area (Å²) in [5, 5.41) is 5.65. The predicted molar refractivity (Wildman–Crippen MR) is 192 cm³/mol. The molecule has 5 aliphatic rings. The Morgan fingerprint density at radius 1 is 1.04 bits per heavy atom. The highest BCUT2D eigenvalue weighted by Gasteiger charge is 2.63. The first-order valence-corrected chi connectivity index (χ1v) is 20.0. The van der Waals surface area contributed by atoms with E-state index in [2.05, 4.69) is 25.3 Å². The molecule has 3 saturated carbocycles. The predicted octanol–water partition coefficient (Wildman–Crippen LogP) is 3.34. The van der Waals surface area contributed by atoms with E-state index in [0.717, 1.165) is 25.7 Å². The number of fused-ring (bicyclic) bond motifs is 3. The van der Waals surface area contributed by atoms with E-state index >= 15 is 0 Å². The number of methoxy groups -OCH3 is 1. The molecule has 5 atom stereocenters. The molecule has 286 valence electrons. The van der Waals surface area contributed by atoms with Crippen LogP contribution in [0.2, 0.25) is 0 Å². The first-order valence-electron chi connectivity index (χ1n) is 18.5. The Bertz CT molecular complexity index is 1960. The van der Waals surface area contributed by atoms with Crippen molar-refractivity contribution in [2.75, 3.05) is 13.7 Å². The zero-order valence-electron chi connectivity index (χ0n) is 30.6. The molecule has 1 aromatic heterocycles. The SMILES string of the molecule is COc1ccc2nc(C)c(O[C@@H]3C[C@H]4C(=O)N[C@]5(C(=O)NS(=O)(=O)C6(C)CC6)C[C@H]5/C=C/CCCCC[C@H](NC(=O)OC5(C)CC5)C(=O)N4C3)nc2c1. The minimum Gasteiger partial charge on any atom is -0.497 e. The molecule has 1 aromatic carbocycles. The summed E-state index contributed by atoms with van der Waals surface area (Å²) in [6.45, 7) is 5.16. The number of nitrogens with zero attached hydrogens (tertiary/aromatic N) is 3. The van der Waals surface area contributed by atoms with Gasteiger partial charge in [-0.25, -0.2) is 23.2 Å². The first kappa shape index (κ1) is 36.9. The van der Waals surface area contributed by atoms with E-state index in [0.29, 0.717) is 54.6 Å². The van der Waals surface area contributed by atoms with Crippen molar-refractivity contribution in [3.05, 3.63) is 36.0 Å². The van der Waals surface area contributed by atoms with E-state index in [-0.39, 0.29) is 25.3 Å². The molecule has 2 aromatic rings. The zero-order chi connectivity index (χ0) is 37.8. The standard InChI is InChI=1S/C37H48N6O9S/c1-22-31(39-28-18-24(50-4)12-13-26(28)38-22)51-25-19-29-30(44)41-37(33(46)42-53(48,49)36(3)16-17-36)20-23(37)10-8-6-5-7-9-11-27(32(45)43(29)21-25)40-34(47)52-35(2)14-15-35/h8,10,12-13,18,23,25,27,29H,5-7,9,11,14-17,19-21H2,1-4H3,(H,40,47)(H,41,44)(H,42,46)/b10-8+/t23-,25-,27+,29+,37-/m1/s1. The summed E-state index contributed by atoms with van der Waals surface area (Å²) in [6, 6.07) is 3.21. The van der Waals surface area contributed by atoms with Crippen LogP contribution in [0.3, 0.4) is 0 Å². The lowest BCUT2D eigenvalue weighted by atomic mass is 10.0. The maximum absolute atomic E-state index is 14.5. The van der Waals surface area contributed by atoms with Gasteiger partial charge in [0.05, 0.1) is 29.4 Å². The van der Waals surface area contributed by atoms with Gasteiger partial charge >= 0.3 is 6.09 Å². The van der Waals surface area contributed by atoms with Crippen LogP contribution in [0.5, 0.6) is 11.6 Å². The van der Waals surface area contributed by atoms with E-state index < -0.39 is 73.8 Å². The number of alkyl carbamates (subject to hydrolysis) is 1. The summed E-state index contributed by atoms with van der Waals surface area (Å²) < 4.78 is 44.8. The van der Waals surface area contributed by atoms with Gasteiger partial charge in [-0.1, -0.05) is 25.0 Å². The number of aryl methyl sites for hydroxylation is 1. The molecule has 1 saturated heterocycles. The second kappa shape index (κ2) is 13.7. The van der Waals surface area contributed by atoms with Gasteiger partial charge < -0.3 is 29.7 Å². The zero-order valence-corrected chi connectivity index (χ0v) is 31.4. The van der Waals surface area contributed by atoms with Gasteiger partial charge in [-0.05, 0) is 84.3 Å². The Hall–Kier alpha value is -4.47. The van der Waals surface area contributed by atoms with Crippen molar-refractivity contribution >= 4 is 44.9 Å². The van der Waals surface area contributed by atoms with Crippen molar-refractivity contribution in [2.45, 2.75) is 125 Å². The normalized spacial score (nSPS) is 29.6. The second-order valence-electron chi connectivity index (χ2n) is 15.7. The van der Waals surface area contributed by atoms with Crippen molar-refractivity contribution in [1.82, 2.24) is 30.2 Å². The highest BCUT2D eigenvalue weighted by molar-refractivity contribution is 7.91. The molecule has 53 heavy (non-hydrogen) atoms. The number of aromatic nitrogens is 2. The molecule has 2 aliphatic heterocycles. The van der Waals surface area contributed by atoms with Crippen molar-refractivity contribution in [3.8, 4) is 11.6 Å². The number of hydrogen-bond acceptors (Lipinski definition) is 11. The van der Waals surface area contributed by atoms with Gasteiger partial charge in [0.25, 0.3) is 5.91 Å². The van der Waals surface area contributed by atoms with Crippen LogP contribution in [-0.4, -0.2) is 94.8 Å². The molecule has 0 spiro atoms. The van der Waals surface area contributed by atoms with Crippen molar-refractivity contribution < 1.29 is 41.8 Å². The van der Waals surface area contributed by atoms with Crippen LogP contribution in [0.4, 0.5) is 4.79 Å². The first-order chi connectivity index (χ1) is 25.1. The van der Waals surface area contributed by atoms with Crippen LogP contribution in [0, 0.1) is 12.8 Å². The Labute approximate surface area is 309 Å². The van der Waals surface area contributed by atoms with Gasteiger partial charge in [-0.3, -0.25) is 19.1 Å². The molecule has 0 radical (unpaired) electrons. The van der Waals surface area contributed by atoms with Crippen LogP contribution >= 0.6 is 0 Å². The number of allylic oxidation sites excluding steroid dienone is 1. The largest absolute Gasteiger partial charge is 0.497 e. The highest BCUT2D eigenvalue weighted by atomic mass is 32.2. The number of ether oxygens (including phenoxy) is 3. The quantitative estimate of drug-likeness (QED) is 0.335. The number of sulfonamides is 1. The number of rotatable bonds is 8. The van der Waals surface area contributed by atoms with Gasteiger partial charge in [0.15, 0.2) is 0 Å². The topological polar surface area (TPSA) is 195 Å². The van der Waals surface area contributed by atoms with Gasteiger partial charge in [0, 0.05) is 18.4 Å². The van der Waals surface area contributed by atoms with E-state index in [9.17, 15) is 27.6 Å². The Morgan fingerprint density at radius 3 is 2.53 bits per heavy atom. The minimum atomic E-state index is -3.98. The van der Waals surface area contributed by atoms with Crippen LogP contribution in [0.15, 0.2) is 30.4 Å². The maximum atomic E-state index is 14.5. The number of carbonyl (C=O) groups excluding carboxylic acids is 4. The number of nitrogens with one attached hydrogen (secondary N) is 3. The Kier molecular flexibility index (Phi) is 9.56. The molecule has 7 rings (SSSR count). The van der Waals surface area contributed by atoms with Crippen molar-refractivity contribution in [3.63, 3.8) is 0 Å². The molecule has 3 heterocycles. The lowest BCUT2D eigenvalue weighted by molar-refractivity contribution is -0.141. The summed E-state index contributed by atoms with van der Waals surface area (Å²) in [5.74, 6) is -1.52. The number of hydrogen-bond donors (Lipinski definition) is 3. The van der Waals surface area contributed by atoms with E-state index in [1.807, 2.05) is 19.1 Å². The minimum absolute atomic E-state index is 0.0195. The summed E-state index contributed by atoms with van der Waals surface area (Å²) in [4.78, 5) is 66.3. The molecule has 0 bridgehead atoms. The van der Waals surface area contributed by atoms with Gasteiger partial charge in [-0.2, -0.15) is 0 Å². The Morgan fingerprint density at radius 2 is 1.81 bits per heavy atom. The summed E-state index contributed by atoms with van der Waals surface area (Å²) in [6.07, 6.45) is 8.23. The monoisotopic (exact) mass is 752 g/mol. The molecule has 4 fully saturated rings. The lowest BCUT2D eigenvalue weighted by Crippen LogP contribution is -2.58. The number of amides is 4. The van der Waals surface area contributed by atoms with E-state index in [1.165, 1.54) is 4.90 Å². The average Bonchev–Trinajstić information content (AvgIpc) is 4.07. The fourth-order valence-electron chi connectivity index (χ4n) is 7.12. The molecule has 3 N–H and O–H groups in total. The molecule has 0 unspecified atom stereocenters. The van der Waals surface area contributed by atoms with Crippen LogP contribution in [-0.2, 0) is 29.1 Å². The van der Waals surface area contributed by atoms with Gasteiger partial charge in [0.1, 0.15) is 40.8 Å². The third kappa shape index (κ3) is 7.64. The van der Waals surface area contributed by atoms with Crippen LogP contribution in [0.25, 0.3) is 11.0 Å². The van der Waals surface area contributed by atoms with Gasteiger partial charge in [0.2, 0.25) is 27.7 Å². The number of carbonyl (C=O) groups is 4. The average molecular weight is 753 g/mol. The fourth-order valence-corrected chi connectivity index (χ4v) is 8.43. The van der Waals surface area contributed by atoms with Gasteiger partial charge in [-0.15, -0.1) is 0 Å². The second-order valence-corrected chi connectivity index (χ2v) is 17.9. The summed E-state index contributed by atoms with van der Waals surface area (Å²) >= 11 is 0. The highest BCUT2D eigenvalue weighted by Crippen LogP contribution is 2.47. The summed E-state index contributed by atoms with van der Waals surface area (Å²) in [5.41, 5.74) is -0.390. The molecule has 15 nitrogen and oxygen atoms in total. The Balaban J connectivity index is 1.18. The maximum Gasteiger partial charge on any atom is 0.408 e. The lowest BCUT2D eigenvalue weighted by Gasteiger charge is -2.30. The third-order valence-corrected chi connectivity index (χ3v) is 13.5. The summed E-state index contributed by atoms with van der Waals surface area (Å²) in [7, 11) is -2.43. The molecule has 16 heteroatoms. The van der Waals surface area contributed by atoms with Crippen molar-refractivity contribution in [1.29, 1.82) is 0 Å². The molecular formula is C37H48N6O9S. The molecular weight excluding hydrogens is 705 g/mol. The molecule has 4 amide bonds. The smallest absolute Gasteiger partial charge is 0.408 e. The number of benzene rings is 1. The van der Waals surface area contributed by atoms with Crippen molar-refractivity contribution in [2.24, 2.45) is 5.92 Å². The molecule has 3 aliphatic carbocycles. The van der Waals surface area contributed by atoms with E-state index in [1.54, 1.807) is 39.2 Å². The van der Waals surface area contributed by atoms with E-state index in [4.69, 9.17) is 14.2 Å². The fraction of sp³-hybridized carbons (Fsp3) is 0.622. The van der Waals surface area contributed by atoms with Crippen LogP contribution in [0.1, 0.15) is 90.2 Å².